The molecule has 0 saturated carbocycles. The predicted molar refractivity (Wildman–Crippen MR) is 117 cm³/mol. The largest absolute Gasteiger partial charge is 0.494 e. The van der Waals surface area contributed by atoms with E-state index in [4.69, 9.17) is 17.0 Å². The summed E-state index contributed by atoms with van der Waals surface area (Å²) < 4.78 is 6.28. The molecule has 1 fully saturated rings. The summed E-state index contributed by atoms with van der Waals surface area (Å²) in [5.74, 6) is 0.821. The molecule has 0 unspecified atom stereocenters. The molecule has 0 aliphatic carbocycles. The molecule has 5 heteroatoms. The maximum atomic E-state index is 12.8. The van der Waals surface area contributed by atoms with E-state index in [2.05, 4.69) is 6.92 Å². The van der Waals surface area contributed by atoms with Crippen molar-refractivity contribution in [1.29, 1.82) is 0 Å². The van der Waals surface area contributed by atoms with Gasteiger partial charge in [-0.2, -0.15) is 0 Å². The van der Waals surface area contributed by atoms with Crippen LogP contribution >= 0.6 is 24.0 Å². The lowest BCUT2D eigenvalue weighted by Crippen LogP contribution is -2.27. The van der Waals surface area contributed by atoms with E-state index in [0.717, 1.165) is 36.3 Å². The number of aryl methyl sites for hydroxylation is 1. The summed E-state index contributed by atoms with van der Waals surface area (Å²) >= 11 is 6.78. The Bertz CT molecular complexity index is 842. The van der Waals surface area contributed by atoms with Crippen LogP contribution in [0.5, 0.6) is 5.75 Å². The second-order valence-electron chi connectivity index (χ2n) is 6.52. The van der Waals surface area contributed by atoms with Crippen LogP contribution < -0.4 is 4.74 Å². The van der Waals surface area contributed by atoms with E-state index in [1.807, 2.05) is 61.5 Å². The quantitative estimate of drug-likeness (QED) is 0.347. The Hall–Kier alpha value is -2.11. The number of carbonyl (C=O) groups excluding carboxylic acids is 1. The fourth-order valence-corrected chi connectivity index (χ4v) is 3.91. The number of carbonyl (C=O) groups is 1. The van der Waals surface area contributed by atoms with Gasteiger partial charge in [-0.3, -0.25) is 9.69 Å². The number of unbranched alkanes of at least 4 members (excludes halogenated alkanes) is 1. The summed E-state index contributed by atoms with van der Waals surface area (Å²) in [6.07, 6.45) is 4.05. The summed E-state index contributed by atoms with van der Waals surface area (Å²) in [6.45, 7) is 5.42. The molecule has 0 aromatic heterocycles. The van der Waals surface area contributed by atoms with Crippen molar-refractivity contribution in [3.05, 3.63) is 70.1 Å². The van der Waals surface area contributed by atoms with Crippen LogP contribution in [-0.2, 0) is 11.3 Å². The molecule has 3 rings (SSSR count). The number of hydrogen-bond acceptors (Lipinski definition) is 4. The highest BCUT2D eigenvalue weighted by Gasteiger charge is 2.31. The predicted octanol–water partition coefficient (Wildman–Crippen LogP) is 5.58. The summed E-state index contributed by atoms with van der Waals surface area (Å²) in [4.78, 5) is 15.1. The number of thiocarbonyl (C=S) groups is 1. The summed E-state index contributed by atoms with van der Waals surface area (Å²) in [6, 6.07) is 16.0. The normalized spacial score (nSPS) is 15.6. The van der Waals surface area contributed by atoms with Crippen molar-refractivity contribution in [1.82, 2.24) is 4.90 Å². The smallest absolute Gasteiger partial charge is 0.266 e. The van der Waals surface area contributed by atoms with Gasteiger partial charge in [0.1, 0.15) is 10.1 Å². The van der Waals surface area contributed by atoms with Crippen LogP contribution in [-0.4, -0.2) is 21.7 Å². The van der Waals surface area contributed by atoms with Gasteiger partial charge >= 0.3 is 0 Å². The molecule has 1 saturated heterocycles. The standard InChI is InChI=1S/C22H23NO2S2/c1-3-4-13-25-19-11-9-17(10-12-19)14-20-21(24)23(22(26)27-20)15-18-7-5-16(2)6-8-18/h5-12,14H,3-4,13,15H2,1-2H3/b20-14-. The van der Waals surface area contributed by atoms with Gasteiger partial charge in [0.05, 0.1) is 18.1 Å². The maximum Gasteiger partial charge on any atom is 0.266 e. The number of thioether (sulfide) groups is 1. The van der Waals surface area contributed by atoms with E-state index in [9.17, 15) is 4.79 Å². The van der Waals surface area contributed by atoms with Gasteiger partial charge in [-0.05, 0) is 42.7 Å². The van der Waals surface area contributed by atoms with Crippen LogP contribution in [0.25, 0.3) is 6.08 Å². The first-order valence-electron chi connectivity index (χ1n) is 9.10. The molecule has 0 N–H and O–H groups in total. The van der Waals surface area contributed by atoms with E-state index >= 15 is 0 Å². The van der Waals surface area contributed by atoms with Crippen molar-refractivity contribution in [3.63, 3.8) is 0 Å². The third kappa shape index (κ3) is 5.21. The molecule has 0 atom stereocenters. The molecule has 27 heavy (non-hydrogen) atoms. The highest BCUT2D eigenvalue weighted by Crippen LogP contribution is 2.33. The van der Waals surface area contributed by atoms with Crippen molar-refractivity contribution < 1.29 is 9.53 Å². The first kappa shape index (κ1) is 19.6. The van der Waals surface area contributed by atoms with Crippen LogP contribution in [0, 0.1) is 6.92 Å². The molecule has 2 aromatic rings. The zero-order chi connectivity index (χ0) is 19.2. The summed E-state index contributed by atoms with van der Waals surface area (Å²) in [7, 11) is 0. The Morgan fingerprint density at radius 2 is 1.81 bits per heavy atom. The van der Waals surface area contributed by atoms with E-state index in [1.165, 1.54) is 17.3 Å². The molecular formula is C22H23NO2S2. The Labute approximate surface area is 170 Å². The molecule has 0 bridgehead atoms. The Kier molecular flexibility index (Phi) is 6.69. The van der Waals surface area contributed by atoms with Gasteiger partial charge < -0.3 is 4.74 Å². The number of nitrogens with zero attached hydrogens (tertiary/aromatic N) is 1. The summed E-state index contributed by atoms with van der Waals surface area (Å²) in [5.41, 5.74) is 3.24. The Morgan fingerprint density at radius 3 is 2.48 bits per heavy atom. The molecule has 1 aliphatic heterocycles. The first-order chi connectivity index (χ1) is 13.1. The molecule has 0 radical (unpaired) electrons. The highest BCUT2D eigenvalue weighted by molar-refractivity contribution is 8.26. The van der Waals surface area contributed by atoms with Crippen molar-refractivity contribution >= 4 is 40.3 Å². The van der Waals surface area contributed by atoms with E-state index in [-0.39, 0.29) is 5.91 Å². The third-order valence-electron chi connectivity index (χ3n) is 4.28. The minimum Gasteiger partial charge on any atom is -0.494 e. The molecule has 3 nitrogen and oxygen atoms in total. The molecule has 1 amide bonds. The minimum atomic E-state index is -0.0335. The zero-order valence-electron chi connectivity index (χ0n) is 15.6. The van der Waals surface area contributed by atoms with Gasteiger partial charge in [-0.25, -0.2) is 0 Å². The van der Waals surface area contributed by atoms with Crippen molar-refractivity contribution in [2.24, 2.45) is 0 Å². The molecule has 140 valence electrons. The number of rotatable bonds is 7. The number of hydrogen-bond donors (Lipinski definition) is 0. The number of benzene rings is 2. The maximum absolute atomic E-state index is 12.8. The lowest BCUT2D eigenvalue weighted by atomic mass is 10.1. The Balaban J connectivity index is 1.67. The van der Waals surface area contributed by atoms with Gasteiger partial charge in [-0.15, -0.1) is 0 Å². The second kappa shape index (κ2) is 9.20. The molecule has 1 aliphatic rings. The minimum absolute atomic E-state index is 0.0335. The van der Waals surface area contributed by atoms with Gasteiger partial charge in [0, 0.05) is 0 Å². The van der Waals surface area contributed by atoms with E-state index in [1.54, 1.807) is 4.90 Å². The van der Waals surface area contributed by atoms with Gasteiger partial charge in [0.25, 0.3) is 5.91 Å². The highest BCUT2D eigenvalue weighted by atomic mass is 32.2. The van der Waals surface area contributed by atoms with E-state index < -0.39 is 0 Å². The fraction of sp³-hybridized carbons (Fsp3) is 0.273. The molecule has 2 aromatic carbocycles. The van der Waals surface area contributed by atoms with Crippen LogP contribution in [0.4, 0.5) is 0 Å². The Morgan fingerprint density at radius 1 is 1.11 bits per heavy atom. The van der Waals surface area contributed by atoms with Gasteiger partial charge in [0.2, 0.25) is 0 Å². The average molecular weight is 398 g/mol. The SMILES string of the molecule is CCCCOc1ccc(/C=C2\SC(=S)N(Cc3ccc(C)cc3)C2=O)cc1. The van der Waals surface area contributed by atoms with Crippen LogP contribution in [0.3, 0.4) is 0 Å². The van der Waals surface area contributed by atoms with Gasteiger partial charge in [0.15, 0.2) is 0 Å². The zero-order valence-corrected chi connectivity index (χ0v) is 17.2. The van der Waals surface area contributed by atoms with Gasteiger partial charge in [-0.1, -0.05) is 79.3 Å². The third-order valence-corrected chi connectivity index (χ3v) is 5.66. The van der Waals surface area contributed by atoms with Crippen molar-refractivity contribution in [2.75, 3.05) is 6.61 Å². The lowest BCUT2D eigenvalue weighted by Gasteiger charge is -2.14. The summed E-state index contributed by atoms with van der Waals surface area (Å²) in [5, 5.41) is 0. The van der Waals surface area contributed by atoms with Crippen LogP contribution in [0.15, 0.2) is 53.4 Å². The molecular weight excluding hydrogens is 374 g/mol. The van der Waals surface area contributed by atoms with E-state index in [0.29, 0.717) is 15.8 Å². The second-order valence-corrected chi connectivity index (χ2v) is 8.20. The fourth-order valence-electron chi connectivity index (χ4n) is 2.66. The van der Waals surface area contributed by atoms with Crippen molar-refractivity contribution in [3.8, 4) is 5.75 Å². The molecule has 1 heterocycles. The first-order valence-corrected chi connectivity index (χ1v) is 10.3. The monoisotopic (exact) mass is 397 g/mol. The van der Waals surface area contributed by atoms with Crippen molar-refractivity contribution in [2.45, 2.75) is 33.2 Å². The molecule has 0 spiro atoms. The topological polar surface area (TPSA) is 29.5 Å². The average Bonchev–Trinajstić information content (AvgIpc) is 2.92. The number of ether oxygens (including phenoxy) is 1. The van der Waals surface area contributed by atoms with Crippen LogP contribution in [0.1, 0.15) is 36.5 Å². The van der Waals surface area contributed by atoms with Crippen LogP contribution in [0.2, 0.25) is 0 Å². The number of amides is 1. The lowest BCUT2D eigenvalue weighted by molar-refractivity contribution is -0.122.